The van der Waals surface area contributed by atoms with E-state index in [1.54, 1.807) is 7.05 Å². The van der Waals surface area contributed by atoms with Gasteiger partial charge in [0.1, 0.15) is 17.6 Å². The maximum Gasteiger partial charge on any atom is 0.332 e. The maximum absolute atomic E-state index is 12.3. The van der Waals surface area contributed by atoms with Gasteiger partial charge < -0.3 is 9.64 Å². The minimum absolute atomic E-state index is 0.000879. The molecule has 136 valence electrons. The molecule has 0 radical (unpaired) electrons. The number of anilines is 1. The molecule has 0 aliphatic carbocycles. The number of fused-ring (bicyclic) bond motifs is 1. The third-order valence-electron chi connectivity index (χ3n) is 4.71. The van der Waals surface area contributed by atoms with E-state index in [0.29, 0.717) is 25.5 Å². The molecular weight excluding hydrogens is 332 g/mol. The van der Waals surface area contributed by atoms with Crippen LogP contribution in [0.4, 0.5) is 5.82 Å². The lowest BCUT2D eigenvalue weighted by Crippen LogP contribution is -2.43. The van der Waals surface area contributed by atoms with Crippen molar-refractivity contribution in [3.05, 3.63) is 55.7 Å². The molecule has 7 nitrogen and oxygen atoms in total. The highest BCUT2D eigenvalue weighted by Crippen LogP contribution is 2.27. The summed E-state index contributed by atoms with van der Waals surface area (Å²) < 4.78 is 8.03. The average Bonchev–Trinajstić information content (AvgIpc) is 2.66. The van der Waals surface area contributed by atoms with Crippen LogP contribution in [-0.2, 0) is 27.1 Å². The first-order valence-electron chi connectivity index (χ1n) is 8.67. The number of rotatable bonds is 4. The maximum atomic E-state index is 12.3. The molecule has 1 aliphatic rings. The van der Waals surface area contributed by atoms with Crippen LogP contribution in [0.15, 0.2) is 27.8 Å². The number of benzene rings is 1. The van der Waals surface area contributed by atoms with Gasteiger partial charge in [0.15, 0.2) is 5.56 Å². The molecule has 0 saturated carbocycles. The summed E-state index contributed by atoms with van der Waals surface area (Å²) in [6.45, 7) is 3.92. The minimum Gasteiger partial charge on any atom is -0.494 e. The summed E-state index contributed by atoms with van der Waals surface area (Å²) in [5, 5.41) is 9.46. The SMILES string of the molecule is CCCOc1ccc2c(c1)CCN(c1c(C#N)c(=O)n(C)c(=O)n1C)C2. The number of aromatic nitrogens is 2. The van der Waals surface area contributed by atoms with Crippen LogP contribution in [0.5, 0.6) is 5.75 Å². The number of hydrogen-bond donors (Lipinski definition) is 0. The molecule has 2 aromatic rings. The van der Waals surface area contributed by atoms with Crippen LogP contribution in [-0.4, -0.2) is 22.3 Å². The molecular formula is C19H22N4O3. The number of hydrogen-bond acceptors (Lipinski definition) is 5. The van der Waals surface area contributed by atoms with E-state index in [0.717, 1.165) is 28.7 Å². The van der Waals surface area contributed by atoms with Gasteiger partial charge in [-0.2, -0.15) is 5.26 Å². The quantitative estimate of drug-likeness (QED) is 0.827. The Bertz CT molecular complexity index is 998. The molecule has 0 fully saturated rings. The first-order chi connectivity index (χ1) is 12.5. The molecule has 0 bridgehead atoms. The van der Waals surface area contributed by atoms with Gasteiger partial charge in [-0.05, 0) is 36.1 Å². The van der Waals surface area contributed by atoms with Gasteiger partial charge in [0.2, 0.25) is 0 Å². The minimum atomic E-state index is -0.556. The standard InChI is InChI=1S/C19H22N4O3/c1-4-9-26-15-6-5-14-12-23(8-7-13(14)10-15)17-16(11-20)18(24)22(3)19(25)21(17)2/h5-6,10H,4,7-9,12H2,1-3H3. The van der Waals surface area contributed by atoms with Crippen molar-refractivity contribution < 1.29 is 4.74 Å². The fourth-order valence-corrected chi connectivity index (χ4v) is 3.32. The van der Waals surface area contributed by atoms with Crippen LogP contribution in [0, 0.1) is 11.3 Å². The summed E-state index contributed by atoms with van der Waals surface area (Å²) in [4.78, 5) is 26.5. The van der Waals surface area contributed by atoms with E-state index in [2.05, 4.69) is 13.0 Å². The van der Waals surface area contributed by atoms with Gasteiger partial charge in [0.25, 0.3) is 5.56 Å². The van der Waals surface area contributed by atoms with Crippen molar-refractivity contribution in [1.82, 2.24) is 9.13 Å². The van der Waals surface area contributed by atoms with E-state index in [1.807, 2.05) is 23.1 Å². The Morgan fingerprint density at radius 3 is 2.65 bits per heavy atom. The second kappa shape index (κ2) is 7.08. The summed E-state index contributed by atoms with van der Waals surface area (Å²) in [6.07, 6.45) is 1.71. The summed E-state index contributed by atoms with van der Waals surface area (Å²) in [5.41, 5.74) is 1.32. The third kappa shape index (κ3) is 2.99. The fourth-order valence-electron chi connectivity index (χ4n) is 3.32. The fraction of sp³-hybridized carbons (Fsp3) is 0.421. The molecule has 0 saturated heterocycles. The van der Waals surface area contributed by atoms with Crippen LogP contribution < -0.4 is 20.9 Å². The number of ether oxygens (including phenoxy) is 1. The zero-order valence-electron chi connectivity index (χ0n) is 15.3. The van der Waals surface area contributed by atoms with Gasteiger partial charge in [0.05, 0.1) is 6.61 Å². The summed E-state index contributed by atoms with van der Waals surface area (Å²) in [7, 11) is 2.98. The van der Waals surface area contributed by atoms with Crippen LogP contribution in [0.25, 0.3) is 0 Å². The summed E-state index contributed by atoms with van der Waals surface area (Å²) >= 11 is 0. The average molecular weight is 354 g/mol. The second-order valence-electron chi connectivity index (χ2n) is 6.47. The molecule has 7 heteroatoms. The largest absolute Gasteiger partial charge is 0.494 e. The van der Waals surface area contributed by atoms with Gasteiger partial charge in [0, 0.05) is 27.2 Å². The van der Waals surface area contributed by atoms with Crippen molar-refractivity contribution >= 4 is 5.82 Å². The van der Waals surface area contributed by atoms with E-state index >= 15 is 0 Å². The van der Waals surface area contributed by atoms with E-state index in [4.69, 9.17) is 4.74 Å². The smallest absolute Gasteiger partial charge is 0.332 e. The van der Waals surface area contributed by atoms with Crippen molar-refractivity contribution in [3.8, 4) is 11.8 Å². The number of nitriles is 1. The van der Waals surface area contributed by atoms with Crippen molar-refractivity contribution in [1.29, 1.82) is 5.26 Å². The molecule has 3 rings (SSSR count). The lowest BCUT2D eigenvalue weighted by atomic mass is 9.99. The molecule has 0 spiro atoms. The predicted molar refractivity (Wildman–Crippen MR) is 98.6 cm³/mol. The second-order valence-corrected chi connectivity index (χ2v) is 6.47. The van der Waals surface area contributed by atoms with E-state index < -0.39 is 11.2 Å². The molecule has 1 aromatic heterocycles. The van der Waals surface area contributed by atoms with Crippen LogP contribution in [0.1, 0.15) is 30.0 Å². The Morgan fingerprint density at radius 1 is 1.19 bits per heavy atom. The first kappa shape index (κ1) is 17.8. The molecule has 0 N–H and O–H groups in total. The van der Waals surface area contributed by atoms with Crippen molar-refractivity contribution in [2.75, 3.05) is 18.1 Å². The molecule has 1 aromatic carbocycles. The molecule has 0 amide bonds. The van der Waals surface area contributed by atoms with Crippen molar-refractivity contribution in [3.63, 3.8) is 0 Å². The lowest BCUT2D eigenvalue weighted by Gasteiger charge is -2.32. The molecule has 0 atom stereocenters. The highest BCUT2D eigenvalue weighted by atomic mass is 16.5. The van der Waals surface area contributed by atoms with Crippen LogP contribution in [0.2, 0.25) is 0 Å². The number of nitrogens with zero attached hydrogens (tertiary/aromatic N) is 4. The normalized spacial score (nSPS) is 13.2. The van der Waals surface area contributed by atoms with Gasteiger partial charge >= 0.3 is 5.69 Å². The Hall–Kier alpha value is -3.01. The lowest BCUT2D eigenvalue weighted by molar-refractivity contribution is 0.317. The van der Waals surface area contributed by atoms with Gasteiger partial charge in [-0.1, -0.05) is 13.0 Å². The predicted octanol–water partition coefficient (Wildman–Crippen LogP) is 1.31. The highest BCUT2D eigenvalue weighted by Gasteiger charge is 2.24. The third-order valence-corrected chi connectivity index (χ3v) is 4.71. The Morgan fingerprint density at radius 2 is 1.96 bits per heavy atom. The Kier molecular flexibility index (Phi) is 4.85. The Balaban J connectivity index is 1.99. The van der Waals surface area contributed by atoms with Crippen LogP contribution in [0.3, 0.4) is 0 Å². The summed E-state index contributed by atoms with van der Waals surface area (Å²) in [5.74, 6) is 1.25. The van der Waals surface area contributed by atoms with E-state index in [1.165, 1.54) is 17.2 Å². The molecule has 26 heavy (non-hydrogen) atoms. The first-order valence-corrected chi connectivity index (χ1v) is 8.67. The molecule has 0 unspecified atom stereocenters. The van der Waals surface area contributed by atoms with Crippen molar-refractivity contribution in [2.24, 2.45) is 14.1 Å². The van der Waals surface area contributed by atoms with Crippen molar-refractivity contribution in [2.45, 2.75) is 26.3 Å². The van der Waals surface area contributed by atoms with Gasteiger partial charge in [-0.3, -0.25) is 13.9 Å². The van der Waals surface area contributed by atoms with Crippen LogP contribution >= 0.6 is 0 Å². The topological polar surface area (TPSA) is 80.3 Å². The monoisotopic (exact) mass is 354 g/mol. The summed E-state index contributed by atoms with van der Waals surface area (Å²) in [6, 6.07) is 7.97. The van der Waals surface area contributed by atoms with E-state index in [-0.39, 0.29) is 5.56 Å². The molecule has 1 aliphatic heterocycles. The zero-order chi connectivity index (χ0) is 18.8. The van der Waals surface area contributed by atoms with Gasteiger partial charge in [-0.15, -0.1) is 0 Å². The molecule has 2 heterocycles. The Labute approximate surface area is 151 Å². The van der Waals surface area contributed by atoms with E-state index in [9.17, 15) is 14.9 Å². The highest BCUT2D eigenvalue weighted by molar-refractivity contribution is 5.55. The van der Waals surface area contributed by atoms with Gasteiger partial charge in [-0.25, -0.2) is 4.79 Å². The zero-order valence-corrected chi connectivity index (χ0v) is 15.3.